The van der Waals surface area contributed by atoms with Crippen LogP contribution in [0.15, 0.2) is 0 Å². The van der Waals surface area contributed by atoms with Crippen molar-refractivity contribution in [1.82, 2.24) is 0 Å². The molecule has 0 spiro atoms. The number of hydrogen-bond acceptors (Lipinski definition) is 4. The van der Waals surface area contributed by atoms with Crippen LogP contribution in [0.1, 0.15) is 2.85 Å². The summed E-state index contributed by atoms with van der Waals surface area (Å²) in [6.07, 6.45) is 0. The Morgan fingerprint density at radius 2 is 0.476 bits per heavy atom. The second-order valence-electron chi connectivity index (χ2n) is 1.13. The van der Waals surface area contributed by atoms with E-state index in [-0.39, 0.29) is 162 Å². The Labute approximate surface area is 272 Å². The Kier molecular flexibility index (Phi) is 136. The predicted molar refractivity (Wildman–Crippen MR) is 52.5 cm³/mol. The van der Waals surface area contributed by atoms with Gasteiger partial charge in [-0.2, -0.15) is 0 Å². The zero-order chi connectivity index (χ0) is 14.3. The van der Waals surface area contributed by atoms with Crippen LogP contribution >= 0.6 is 0 Å². The summed E-state index contributed by atoms with van der Waals surface area (Å²) in [5, 5.41) is 0. The van der Waals surface area contributed by atoms with Crippen molar-refractivity contribution in [3.63, 3.8) is 0 Å². The number of rotatable bonds is 0. The molecule has 0 saturated heterocycles. The summed E-state index contributed by atoms with van der Waals surface area (Å²) < 4.78 is 93.0. The second kappa shape index (κ2) is 50.6. The van der Waals surface area contributed by atoms with E-state index in [2.05, 4.69) is 0 Å². The first-order valence-corrected chi connectivity index (χ1v) is 10.7. The molecule has 0 unspecified atom stereocenters. The molecule has 0 rings (SSSR count). The fraction of sp³-hybridized carbons (Fsp3) is 0. The van der Waals surface area contributed by atoms with Gasteiger partial charge in [-0.25, -0.2) is 0 Å². The van der Waals surface area contributed by atoms with E-state index in [0.717, 1.165) is 0 Å². The Balaban J connectivity index is -0.00000000842. The fourth-order valence-electron chi connectivity index (χ4n) is 0. The van der Waals surface area contributed by atoms with Gasteiger partial charge in [-0.05, 0) is 0 Å². The van der Waals surface area contributed by atoms with Crippen molar-refractivity contribution in [1.29, 1.82) is 0 Å². The molecule has 0 aliphatic carbocycles. The van der Waals surface area contributed by atoms with Crippen molar-refractivity contribution in [2.24, 2.45) is 0 Å². The first-order valence-electron chi connectivity index (χ1n) is 2.61. The molecule has 124 valence electrons. The first kappa shape index (κ1) is 56.5. The van der Waals surface area contributed by atoms with Crippen molar-refractivity contribution in [2.45, 2.75) is 0 Å². The first-order chi connectivity index (χ1) is 6.93. The standard InChI is InChI=1S/3Bi.K.Na.8H2O.4O.4Ti.11H/h;;;;;8*1H2;;;;;;;;;;;;;;;;;;;/q;;;2*+1;;;;;;;;;;;;;4*+2;;;;;;;;;;2*-1/p-8. The molecule has 0 heterocycles. The van der Waals surface area contributed by atoms with Crippen LogP contribution < -0.4 is 80.9 Å². The second-order valence-corrected chi connectivity index (χ2v) is 4.66. The van der Waals surface area contributed by atoms with Crippen molar-refractivity contribution in [3.05, 3.63) is 0 Å². The molecule has 0 aromatic heterocycles. The van der Waals surface area contributed by atoms with Gasteiger partial charge in [-0.3, -0.25) is 0 Å². The van der Waals surface area contributed by atoms with E-state index in [4.69, 9.17) is 42.8 Å². The van der Waals surface area contributed by atoms with E-state index in [1.54, 1.807) is 0 Å². The molecular formula is H19Bi3KNaO12Ti4. The summed E-state index contributed by atoms with van der Waals surface area (Å²) in [6, 6.07) is 0. The van der Waals surface area contributed by atoms with Gasteiger partial charge in [0, 0.05) is 0 Å². The van der Waals surface area contributed by atoms with Gasteiger partial charge >= 0.3 is 277 Å². The Hall–Kier alpha value is 7.02. The molecule has 12 nitrogen and oxygen atoms in total. The quantitative estimate of drug-likeness (QED) is 0.106. The zero-order valence-electron chi connectivity index (χ0n) is 13.3. The van der Waals surface area contributed by atoms with Gasteiger partial charge in [0.05, 0.1) is 0 Å². The Morgan fingerprint density at radius 3 is 0.476 bits per heavy atom. The molecule has 21 heavy (non-hydrogen) atoms. The van der Waals surface area contributed by atoms with E-state index in [1.165, 1.54) is 0 Å². The molecule has 8 N–H and O–H groups in total. The van der Waals surface area contributed by atoms with Crippen molar-refractivity contribution in [3.8, 4) is 0 Å². The van der Waals surface area contributed by atoms with Crippen LogP contribution in [0.25, 0.3) is 0 Å². The topological polar surface area (TPSA) is 230 Å². The normalized spacial score (nSPS) is 4.95. The van der Waals surface area contributed by atoms with Gasteiger partial charge < -0.3 is 2.85 Å². The zero-order valence-corrected chi connectivity index (χ0v) is 39.2. The van der Waals surface area contributed by atoms with Crippen molar-refractivity contribution >= 4 is 78.6 Å². The van der Waals surface area contributed by atoms with Gasteiger partial charge in [0.2, 0.25) is 0 Å². The van der Waals surface area contributed by atoms with Crippen LogP contribution in [0, 0.1) is 0 Å². The summed E-state index contributed by atoms with van der Waals surface area (Å²) in [6.45, 7) is 0. The van der Waals surface area contributed by atoms with Gasteiger partial charge in [0.15, 0.2) is 0 Å². The van der Waals surface area contributed by atoms with Crippen molar-refractivity contribution < 1.29 is 201 Å². The monoisotopic (exact) mass is 1090 g/mol. The molecule has 0 amide bonds. The Morgan fingerprint density at radius 1 is 0.476 bits per heavy atom. The fourth-order valence-corrected chi connectivity index (χ4v) is 0. The summed E-state index contributed by atoms with van der Waals surface area (Å²) in [5.41, 5.74) is 0. The van der Waals surface area contributed by atoms with Crippen molar-refractivity contribution in [2.75, 3.05) is 0 Å². The summed E-state index contributed by atoms with van der Waals surface area (Å²) >= 11 is -14.3. The SMILES string of the molecule is [BiH3].[BiH3].[BiH3].[H-].[H-].[K+].[Na+].[O]=[Ti]([OH])[OH].[O]=[Ti]([OH])[OH].[O]=[Ti]([OH])[OH].[O]=[Ti]([OH])[OH]. The van der Waals surface area contributed by atoms with Gasteiger partial charge in [-0.15, -0.1) is 0 Å². The van der Waals surface area contributed by atoms with Crippen LogP contribution in [-0.2, 0) is 87.8 Å². The maximum atomic E-state index is 8.81. The summed E-state index contributed by atoms with van der Waals surface area (Å²) in [4.78, 5) is 0. The molecule has 0 saturated carbocycles. The van der Waals surface area contributed by atoms with Crippen LogP contribution in [-0.4, -0.2) is 108 Å². The van der Waals surface area contributed by atoms with Crippen LogP contribution in [0.5, 0.6) is 0 Å². The molecule has 0 aromatic carbocycles. The average Bonchev–Trinajstić information content (AvgIpc) is 1.76. The molecule has 0 bridgehead atoms. The molecule has 0 aliphatic rings. The molecule has 0 fully saturated rings. The molecular weight excluding hydrogens is 1070 g/mol. The third-order valence-corrected chi connectivity index (χ3v) is 0. The molecule has 0 aliphatic heterocycles. The molecule has 0 atom stereocenters. The maximum absolute atomic E-state index is 8.81. The minimum absolute atomic E-state index is 0. The third-order valence-electron chi connectivity index (χ3n) is 0. The van der Waals surface area contributed by atoms with Crippen LogP contribution in [0.3, 0.4) is 0 Å². The summed E-state index contributed by atoms with van der Waals surface area (Å²) in [7, 11) is 0. The van der Waals surface area contributed by atoms with E-state index in [1.807, 2.05) is 0 Å². The van der Waals surface area contributed by atoms with Gasteiger partial charge in [0.25, 0.3) is 0 Å². The van der Waals surface area contributed by atoms with Gasteiger partial charge in [0.1, 0.15) is 0 Å². The average molecular weight is 1090 g/mol. The van der Waals surface area contributed by atoms with E-state index in [9.17, 15) is 0 Å². The van der Waals surface area contributed by atoms with Crippen LogP contribution in [0.2, 0.25) is 0 Å². The predicted octanol–water partition coefficient (Wildman–Crippen LogP) is -14.3. The third kappa shape index (κ3) is 343. The van der Waals surface area contributed by atoms with E-state index >= 15 is 0 Å². The summed E-state index contributed by atoms with van der Waals surface area (Å²) in [5.74, 6) is 0. The van der Waals surface area contributed by atoms with E-state index < -0.39 is 74.5 Å². The molecule has 21 heteroatoms. The molecule has 0 radical (unpaired) electrons. The van der Waals surface area contributed by atoms with Crippen LogP contribution in [0.4, 0.5) is 0 Å². The van der Waals surface area contributed by atoms with Gasteiger partial charge in [-0.1, -0.05) is 0 Å². The minimum atomic E-state index is -3.58. The van der Waals surface area contributed by atoms with E-state index in [0.29, 0.717) is 0 Å². The number of hydrogen-bond donors (Lipinski definition) is 8. The Bertz CT molecular complexity index is 186. The molecule has 0 aromatic rings.